The Labute approximate surface area is 84.8 Å². The van der Waals surface area contributed by atoms with Crippen LogP contribution in [0.4, 0.5) is 0 Å². The molecule has 14 heavy (non-hydrogen) atoms. The van der Waals surface area contributed by atoms with Crippen LogP contribution in [0.2, 0.25) is 0 Å². The van der Waals surface area contributed by atoms with Crippen LogP contribution in [-0.4, -0.2) is 13.7 Å². The van der Waals surface area contributed by atoms with Gasteiger partial charge in [0.05, 0.1) is 13.7 Å². The Kier molecular flexibility index (Phi) is 3.92. The molecule has 1 rings (SSSR count). The minimum Gasteiger partial charge on any atom is -0.496 e. The summed E-state index contributed by atoms with van der Waals surface area (Å²) in [5.74, 6) is 6.25. The second kappa shape index (κ2) is 4.98. The monoisotopic (exact) mass is 195 g/mol. The Balaban J connectivity index is 2.96. The van der Waals surface area contributed by atoms with Crippen molar-refractivity contribution in [2.45, 2.75) is 19.8 Å². The number of hydrogen-bond donors (Lipinski definition) is 1. The summed E-state index contributed by atoms with van der Waals surface area (Å²) in [6, 6.07) is 6.00. The zero-order valence-corrected chi connectivity index (χ0v) is 8.91. The van der Waals surface area contributed by atoms with Gasteiger partial charge in [-0.2, -0.15) is 0 Å². The highest BCUT2D eigenvalue weighted by atomic mass is 16.6. The normalized spacial score (nSPS) is 12.6. The molecule has 1 atom stereocenters. The molecule has 0 amide bonds. The highest BCUT2D eigenvalue weighted by molar-refractivity contribution is 5.40. The van der Waals surface area contributed by atoms with Crippen LogP contribution in [0.5, 0.6) is 5.75 Å². The average molecular weight is 195 g/mol. The van der Waals surface area contributed by atoms with Crippen LogP contribution in [0.3, 0.4) is 0 Å². The Morgan fingerprint density at radius 2 is 2.14 bits per heavy atom. The van der Waals surface area contributed by atoms with E-state index in [1.807, 2.05) is 19.1 Å². The molecule has 0 aliphatic carbocycles. The fourth-order valence-corrected chi connectivity index (χ4v) is 1.62. The van der Waals surface area contributed by atoms with E-state index in [1.54, 1.807) is 7.11 Å². The van der Waals surface area contributed by atoms with E-state index < -0.39 is 0 Å². The summed E-state index contributed by atoms with van der Waals surface area (Å²) in [6.07, 6.45) is 0. The number of hydrogen-bond acceptors (Lipinski definition) is 3. The summed E-state index contributed by atoms with van der Waals surface area (Å²) in [5.41, 5.74) is 2.37. The van der Waals surface area contributed by atoms with E-state index in [-0.39, 0.29) is 5.92 Å². The summed E-state index contributed by atoms with van der Waals surface area (Å²) in [7, 11) is 1.68. The van der Waals surface area contributed by atoms with E-state index in [2.05, 4.69) is 17.8 Å². The molecule has 3 heteroatoms. The van der Waals surface area contributed by atoms with Gasteiger partial charge in [-0.05, 0) is 24.1 Å². The SMILES string of the molecule is COc1cccc(C(C)CON)c1C. The molecular weight excluding hydrogens is 178 g/mol. The van der Waals surface area contributed by atoms with E-state index in [1.165, 1.54) is 5.56 Å². The number of methoxy groups -OCH3 is 1. The lowest BCUT2D eigenvalue weighted by Crippen LogP contribution is -2.09. The predicted molar refractivity (Wildman–Crippen MR) is 56.3 cm³/mol. The van der Waals surface area contributed by atoms with Gasteiger partial charge in [-0.15, -0.1) is 0 Å². The third-order valence-electron chi connectivity index (χ3n) is 2.42. The van der Waals surface area contributed by atoms with Crippen LogP contribution in [0.1, 0.15) is 24.0 Å². The molecule has 1 unspecified atom stereocenters. The maximum Gasteiger partial charge on any atom is 0.122 e. The first-order chi connectivity index (χ1) is 6.70. The van der Waals surface area contributed by atoms with Crippen LogP contribution in [0.15, 0.2) is 18.2 Å². The lowest BCUT2D eigenvalue weighted by Gasteiger charge is -2.15. The Hall–Kier alpha value is -1.06. The second-order valence-corrected chi connectivity index (χ2v) is 3.41. The smallest absolute Gasteiger partial charge is 0.122 e. The van der Waals surface area contributed by atoms with Crippen molar-refractivity contribution in [2.75, 3.05) is 13.7 Å². The first-order valence-electron chi connectivity index (χ1n) is 4.66. The molecule has 0 aromatic heterocycles. The predicted octanol–water partition coefficient (Wildman–Crippen LogP) is 2.00. The van der Waals surface area contributed by atoms with Crippen molar-refractivity contribution >= 4 is 0 Å². The zero-order valence-electron chi connectivity index (χ0n) is 8.91. The molecule has 3 nitrogen and oxygen atoms in total. The zero-order chi connectivity index (χ0) is 10.6. The molecule has 0 aliphatic heterocycles. The third kappa shape index (κ3) is 2.25. The Morgan fingerprint density at radius 3 is 2.71 bits per heavy atom. The first-order valence-corrected chi connectivity index (χ1v) is 4.66. The quantitative estimate of drug-likeness (QED) is 0.747. The summed E-state index contributed by atoms with van der Waals surface area (Å²) in [4.78, 5) is 4.65. The molecule has 78 valence electrons. The molecule has 0 radical (unpaired) electrons. The van der Waals surface area contributed by atoms with Crippen LogP contribution >= 0.6 is 0 Å². The lowest BCUT2D eigenvalue weighted by molar-refractivity contribution is 0.126. The maximum atomic E-state index is 5.24. The van der Waals surface area contributed by atoms with Crippen molar-refractivity contribution in [1.29, 1.82) is 0 Å². The van der Waals surface area contributed by atoms with Gasteiger partial charge in [-0.25, -0.2) is 5.90 Å². The number of nitrogens with two attached hydrogens (primary N) is 1. The van der Waals surface area contributed by atoms with Crippen LogP contribution in [-0.2, 0) is 4.84 Å². The van der Waals surface area contributed by atoms with Gasteiger partial charge in [0.2, 0.25) is 0 Å². The van der Waals surface area contributed by atoms with E-state index in [0.29, 0.717) is 6.61 Å². The Bertz CT molecular complexity index is 299. The van der Waals surface area contributed by atoms with Crippen LogP contribution in [0.25, 0.3) is 0 Å². The van der Waals surface area contributed by atoms with E-state index in [4.69, 9.17) is 10.6 Å². The van der Waals surface area contributed by atoms with Gasteiger partial charge >= 0.3 is 0 Å². The number of rotatable bonds is 4. The largest absolute Gasteiger partial charge is 0.496 e. The standard InChI is InChI=1S/C11H17NO2/c1-8(7-14-12)10-5-4-6-11(13-3)9(10)2/h4-6,8H,7,12H2,1-3H3. The average Bonchev–Trinajstić information content (AvgIpc) is 2.18. The molecule has 2 N–H and O–H groups in total. The molecule has 1 aromatic carbocycles. The minimum absolute atomic E-state index is 0.287. The molecule has 1 aromatic rings. The summed E-state index contributed by atoms with van der Waals surface area (Å²) in [5, 5.41) is 0. The van der Waals surface area contributed by atoms with E-state index in [9.17, 15) is 0 Å². The number of benzene rings is 1. The van der Waals surface area contributed by atoms with E-state index in [0.717, 1.165) is 11.3 Å². The molecule has 0 bridgehead atoms. The fourth-order valence-electron chi connectivity index (χ4n) is 1.62. The van der Waals surface area contributed by atoms with Gasteiger partial charge in [0, 0.05) is 5.92 Å². The molecule has 0 aliphatic rings. The number of ether oxygens (including phenoxy) is 1. The lowest BCUT2D eigenvalue weighted by atomic mass is 9.96. The highest BCUT2D eigenvalue weighted by Gasteiger charge is 2.10. The third-order valence-corrected chi connectivity index (χ3v) is 2.42. The molecule has 0 spiro atoms. The Morgan fingerprint density at radius 1 is 1.43 bits per heavy atom. The van der Waals surface area contributed by atoms with Gasteiger partial charge in [-0.3, -0.25) is 0 Å². The summed E-state index contributed by atoms with van der Waals surface area (Å²) >= 11 is 0. The van der Waals surface area contributed by atoms with Crippen molar-refractivity contribution in [3.8, 4) is 5.75 Å². The summed E-state index contributed by atoms with van der Waals surface area (Å²) in [6.45, 7) is 4.64. The van der Waals surface area contributed by atoms with Crippen molar-refractivity contribution in [2.24, 2.45) is 5.90 Å². The molecule has 0 saturated heterocycles. The van der Waals surface area contributed by atoms with Crippen molar-refractivity contribution in [3.05, 3.63) is 29.3 Å². The van der Waals surface area contributed by atoms with Crippen molar-refractivity contribution in [1.82, 2.24) is 0 Å². The van der Waals surface area contributed by atoms with Gasteiger partial charge in [-0.1, -0.05) is 19.1 Å². The highest BCUT2D eigenvalue weighted by Crippen LogP contribution is 2.26. The molecular formula is C11H17NO2. The van der Waals surface area contributed by atoms with Crippen LogP contribution < -0.4 is 10.6 Å². The minimum atomic E-state index is 0.287. The molecule has 0 fully saturated rings. The van der Waals surface area contributed by atoms with Gasteiger partial charge in [0.1, 0.15) is 5.75 Å². The molecule has 0 saturated carbocycles. The molecule has 0 heterocycles. The van der Waals surface area contributed by atoms with Crippen molar-refractivity contribution in [3.63, 3.8) is 0 Å². The topological polar surface area (TPSA) is 44.5 Å². The fraction of sp³-hybridized carbons (Fsp3) is 0.455. The maximum absolute atomic E-state index is 5.24. The second-order valence-electron chi connectivity index (χ2n) is 3.41. The van der Waals surface area contributed by atoms with Crippen molar-refractivity contribution < 1.29 is 9.57 Å². The van der Waals surface area contributed by atoms with Gasteiger partial charge in [0.15, 0.2) is 0 Å². The van der Waals surface area contributed by atoms with Gasteiger partial charge in [0.25, 0.3) is 0 Å². The summed E-state index contributed by atoms with van der Waals surface area (Å²) < 4.78 is 5.24. The first kappa shape index (κ1) is 11.0. The van der Waals surface area contributed by atoms with Crippen LogP contribution in [0, 0.1) is 6.92 Å². The van der Waals surface area contributed by atoms with E-state index >= 15 is 0 Å². The van der Waals surface area contributed by atoms with Gasteiger partial charge < -0.3 is 9.57 Å².